The van der Waals surface area contributed by atoms with E-state index in [-0.39, 0.29) is 12.0 Å². The van der Waals surface area contributed by atoms with Gasteiger partial charge in [-0.1, -0.05) is 0 Å². The van der Waals surface area contributed by atoms with E-state index in [4.69, 9.17) is 4.74 Å². The van der Waals surface area contributed by atoms with Gasteiger partial charge in [0.05, 0.1) is 12.2 Å². The van der Waals surface area contributed by atoms with Crippen LogP contribution in [0.15, 0.2) is 0 Å². The fourth-order valence-corrected chi connectivity index (χ4v) is 5.39. The second-order valence-corrected chi connectivity index (χ2v) is 8.47. The van der Waals surface area contributed by atoms with E-state index in [1.54, 1.807) is 0 Å². The van der Waals surface area contributed by atoms with Crippen LogP contribution < -0.4 is 5.26 Å². The van der Waals surface area contributed by atoms with Crippen molar-refractivity contribution in [1.29, 1.82) is 0 Å². The van der Waals surface area contributed by atoms with Gasteiger partial charge < -0.3 is 19.8 Å². The van der Waals surface area contributed by atoms with Crippen LogP contribution in [0.4, 0.5) is 8.78 Å². The molecule has 4 aliphatic rings. The number of alkyl halides is 2. The van der Waals surface area contributed by atoms with Crippen molar-refractivity contribution in [3.05, 3.63) is 0 Å². The zero-order chi connectivity index (χ0) is 19.0. The van der Waals surface area contributed by atoms with Crippen LogP contribution in [-0.2, 0) is 28.4 Å². The van der Waals surface area contributed by atoms with E-state index in [1.165, 1.54) is 0 Å². The van der Waals surface area contributed by atoms with Crippen molar-refractivity contribution in [1.82, 2.24) is 0 Å². The average molecular weight is 397 g/mol. The Labute approximate surface area is 152 Å². The second kappa shape index (κ2) is 7.19. The molecule has 0 aromatic carbocycles. The minimum Gasteiger partial charge on any atom is -0.691 e. The summed E-state index contributed by atoms with van der Waals surface area (Å²) in [5.74, 6) is -2.18. The molecule has 0 spiro atoms. The van der Waals surface area contributed by atoms with Crippen molar-refractivity contribution in [2.75, 3.05) is 13.2 Å². The molecule has 0 aliphatic heterocycles. The molecule has 0 aromatic heterocycles. The normalized spacial score (nSPS) is 35.4. The Morgan fingerprint density at radius 2 is 1.85 bits per heavy atom. The molecule has 0 aromatic rings. The van der Waals surface area contributed by atoms with Crippen molar-refractivity contribution >= 4 is 24.0 Å². The number of halogens is 2. The molecule has 4 saturated carbocycles. The van der Waals surface area contributed by atoms with E-state index in [9.17, 15) is 28.7 Å². The summed E-state index contributed by atoms with van der Waals surface area (Å²) in [7, 11) is 0. The van der Waals surface area contributed by atoms with Crippen molar-refractivity contribution in [2.45, 2.75) is 49.4 Å². The van der Waals surface area contributed by atoms with Gasteiger partial charge in [-0.05, 0) is 50.4 Å². The fourth-order valence-electron chi connectivity index (χ4n) is 5.15. The first-order valence-electron chi connectivity index (χ1n) is 8.23. The highest BCUT2D eigenvalue weighted by Crippen LogP contribution is 2.61. The summed E-state index contributed by atoms with van der Waals surface area (Å²) in [5, 5.41) is 18.7. The summed E-state index contributed by atoms with van der Waals surface area (Å²) >= 11 is -0.833. The number of carbonyl (C=O) groups excluding carboxylic acids is 2. The number of aliphatic hydroxyl groups is 1. The first-order valence-corrected chi connectivity index (χ1v) is 8.97. The molecule has 8 nitrogen and oxygen atoms in total. The number of rotatable bonds is 8. The molecule has 11 heteroatoms. The molecule has 4 rings (SSSR count). The minimum absolute atomic E-state index is 0.0664. The van der Waals surface area contributed by atoms with Gasteiger partial charge in [0.25, 0.3) is 0 Å². The molecule has 2 atom stereocenters. The van der Waals surface area contributed by atoms with Gasteiger partial charge in [-0.2, -0.15) is 13.1 Å². The number of esters is 2. The zero-order valence-corrected chi connectivity index (χ0v) is 14.6. The third kappa shape index (κ3) is 4.28. The van der Waals surface area contributed by atoms with Gasteiger partial charge in [-0.3, -0.25) is 5.04 Å². The van der Waals surface area contributed by atoms with Gasteiger partial charge in [-0.15, -0.1) is 0 Å². The largest absolute Gasteiger partial charge is 0.691 e. The third-order valence-corrected chi connectivity index (χ3v) is 5.92. The highest BCUT2D eigenvalue weighted by molar-refractivity contribution is 7.96. The summed E-state index contributed by atoms with van der Waals surface area (Å²) in [6.45, 7) is -0.919. The molecular weight excluding hydrogens is 378 g/mol. The number of ether oxygens (including phenoxy) is 2. The van der Waals surface area contributed by atoms with Crippen molar-refractivity contribution in [3.8, 4) is 0 Å². The molecule has 26 heavy (non-hydrogen) atoms. The van der Waals surface area contributed by atoms with Crippen LogP contribution in [0, 0.1) is 17.3 Å². The summed E-state index contributed by atoms with van der Waals surface area (Å²) in [6.07, 6.45) is 4.91. The molecule has 0 saturated heterocycles. The van der Waals surface area contributed by atoms with Gasteiger partial charge in [0.15, 0.2) is 6.61 Å². The lowest BCUT2D eigenvalue weighted by Crippen LogP contribution is -2.57. The van der Waals surface area contributed by atoms with E-state index in [0.717, 1.165) is 32.1 Å². The maximum Gasteiger partial charge on any atom is 0.415 e. The van der Waals surface area contributed by atoms with Crippen LogP contribution in [0.3, 0.4) is 0 Å². The van der Waals surface area contributed by atoms with Crippen LogP contribution in [0.5, 0.6) is 0 Å². The van der Waals surface area contributed by atoms with Crippen LogP contribution in [0.25, 0.3) is 0 Å². The van der Waals surface area contributed by atoms with Crippen LogP contribution in [0.2, 0.25) is 0 Å². The average Bonchev–Trinajstić information content (AvgIpc) is 2.53. The van der Waals surface area contributed by atoms with E-state index < -0.39 is 41.4 Å². The molecule has 4 aliphatic carbocycles. The fraction of sp³-hybridized carbons (Fsp3) is 0.867. The summed E-state index contributed by atoms with van der Waals surface area (Å²) < 4.78 is 39.0. The lowest BCUT2D eigenvalue weighted by atomic mass is 9.48. The SMILES string of the molecule is O=C(COC(=O)C(F)(F)SOO[O-])OCC12CC3CC(CC(O)(C3)C1)C2. The van der Waals surface area contributed by atoms with Gasteiger partial charge >= 0.3 is 17.2 Å². The van der Waals surface area contributed by atoms with Gasteiger partial charge in [0.1, 0.15) is 12.0 Å². The van der Waals surface area contributed by atoms with E-state index in [2.05, 4.69) is 14.1 Å². The van der Waals surface area contributed by atoms with Gasteiger partial charge in [0.2, 0.25) is 0 Å². The Morgan fingerprint density at radius 3 is 2.42 bits per heavy atom. The molecule has 0 heterocycles. The molecule has 0 amide bonds. The van der Waals surface area contributed by atoms with Crippen LogP contribution >= 0.6 is 12.0 Å². The number of hydrogen-bond acceptors (Lipinski definition) is 9. The molecular formula is C15H19F2O8S-. The topological polar surface area (TPSA) is 114 Å². The number of carbonyl (C=O) groups is 2. The van der Waals surface area contributed by atoms with Crippen LogP contribution in [0.1, 0.15) is 38.5 Å². The van der Waals surface area contributed by atoms with Crippen molar-refractivity contribution < 1.29 is 47.6 Å². The summed E-state index contributed by atoms with van der Waals surface area (Å²) in [6, 6.07) is 0. The maximum atomic E-state index is 13.2. The predicted molar refractivity (Wildman–Crippen MR) is 78.7 cm³/mol. The Morgan fingerprint density at radius 1 is 1.19 bits per heavy atom. The quantitative estimate of drug-likeness (QED) is 0.276. The molecule has 2 unspecified atom stereocenters. The predicted octanol–water partition coefficient (Wildman–Crippen LogP) is 0.869. The standard InChI is InChI=1S/C15H20F2O8S/c16-15(17,26-25-24-21)12(19)22-6-11(18)23-8-13-2-9-1-10(3-13)5-14(20,4-9)7-13/h9-10,20-21H,1-8H2/p-1. The highest BCUT2D eigenvalue weighted by atomic mass is 32.2. The second-order valence-electron chi connectivity index (χ2n) is 7.66. The monoisotopic (exact) mass is 397 g/mol. The maximum absolute atomic E-state index is 13.2. The number of hydrogen-bond donors (Lipinski definition) is 1. The molecule has 1 N–H and O–H groups in total. The lowest BCUT2D eigenvalue weighted by molar-refractivity contribution is -0.777. The Hall–Kier alpha value is -1.01. The Balaban J connectivity index is 1.45. The highest BCUT2D eigenvalue weighted by Gasteiger charge is 2.57. The molecule has 0 radical (unpaired) electrons. The molecule has 148 valence electrons. The lowest BCUT2D eigenvalue weighted by Gasteiger charge is -2.59. The van der Waals surface area contributed by atoms with Crippen LogP contribution in [-0.4, -0.2) is 41.1 Å². The van der Waals surface area contributed by atoms with Crippen molar-refractivity contribution in [2.24, 2.45) is 17.3 Å². The first-order chi connectivity index (χ1) is 12.2. The summed E-state index contributed by atoms with van der Waals surface area (Å²) in [5.41, 5.74) is -0.997. The molecule has 4 bridgehead atoms. The van der Waals surface area contributed by atoms with Crippen molar-refractivity contribution in [3.63, 3.8) is 0 Å². The zero-order valence-electron chi connectivity index (χ0n) is 13.8. The Kier molecular flexibility index (Phi) is 5.46. The van der Waals surface area contributed by atoms with Gasteiger partial charge in [0, 0.05) is 5.41 Å². The first kappa shape index (κ1) is 19.7. The van der Waals surface area contributed by atoms with E-state index in [1.807, 2.05) is 0 Å². The Bertz CT molecular complexity index is 558. The van der Waals surface area contributed by atoms with E-state index in [0.29, 0.717) is 18.3 Å². The van der Waals surface area contributed by atoms with Gasteiger partial charge in [-0.25, -0.2) is 9.59 Å². The third-order valence-electron chi connectivity index (χ3n) is 5.42. The molecule has 4 fully saturated rings. The van der Waals surface area contributed by atoms with E-state index >= 15 is 0 Å². The summed E-state index contributed by atoms with van der Waals surface area (Å²) in [4.78, 5) is 22.9. The smallest absolute Gasteiger partial charge is 0.415 e. The minimum atomic E-state index is -4.20.